The van der Waals surface area contributed by atoms with Crippen LogP contribution < -0.4 is 5.32 Å². The average molecular weight is 277 g/mol. The van der Waals surface area contributed by atoms with E-state index in [4.69, 9.17) is 9.72 Å². The van der Waals surface area contributed by atoms with E-state index >= 15 is 0 Å². The van der Waals surface area contributed by atoms with Crippen molar-refractivity contribution in [1.82, 2.24) is 15.3 Å². The smallest absolute Gasteiger partial charge is 0.157 e. The van der Waals surface area contributed by atoms with Gasteiger partial charge in [-0.2, -0.15) is 0 Å². The lowest BCUT2D eigenvalue weighted by Gasteiger charge is -2.21. The summed E-state index contributed by atoms with van der Waals surface area (Å²) in [7, 11) is 1.74. The molecule has 1 aliphatic rings. The summed E-state index contributed by atoms with van der Waals surface area (Å²) in [5, 5.41) is 3.55. The lowest BCUT2D eigenvalue weighted by Crippen LogP contribution is -2.22. The largest absolute Gasteiger partial charge is 0.373 e. The van der Waals surface area contributed by atoms with Crippen molar-refractivity contribution in [2.45, 2.75) is 58.6 Å². The molecule has 0 bridgehead atoms. The van der Waals surface area contributed by atoms with E-state index in [9.17, 15) is 0 Å². The molecule has 0 amide bonds. The molecule has 112 valence electrons. The Bertz CT molecular complexity index is 434. The number of nitrogens with one attached hydrogen (secondary N) is 1. The van der Waals surface area contributed by atoms with Crippen molar-refractivity contribution >= 4 is 0 Å². The zero-order valence-electron chi connectivity index (χ0n) is 13.1. The van der Waals surface area contributed by atoms with Crippen molar-refractivity contribution in [3.63, 3.8) is 0 Å². The zero-order valence-corrected chi connectivity index (χ0v) is 13.1. The third-order valence-electron chi connectivity index (χ3n) is 4.01. The number of ether oxygens (including phenoxy) is 1. The Morgan fingerprint density at radius 3 is 2.85 bits per heavy atom. The van der Waals surface area contributed by atoms with Crippen LogP contribution in [0.3, 0.4) is 0 Å². The Labute approximate surface area is 122 Å². The highest BCUT2D eigenvalue weighted by molar-refractivity contribution is 5.24. The first-order chi connectivity index (χ1) is 9.67. The third-order valence-corrected chi connectivity index (χ3v) is 4.01. The Balaban J connectivity index is 2.31. The van der Waals surface area contributed by atoms with Gasteiger partial charge in [0.05, 0.1) is 0 Å². The summed E-state index contributed by atoms with van der Waals surface area (Å²) in [5.74, 6) is 1.21. The summed E-state index contributed by atoms with van der Waals surface area (Å²) in [4.78, 5) is 9.40. The van der Waals surface area contributed by atoms with Gasteiger partial charge in [-0.25, -0.2) is 9.97 Å². The van der Waals surface area contributed by atoms with E-state index < -0.39 is 0 Å². The van der Waals surface area contributed by atoms with Crippen LogP contribution in [-0.2, 0) is 11.2 Å². The SMILES string of the molecule is CCNC1CCCCc2nc(C(OC)C(C)C)ncc21. The predicted octanol–water partition coefficient (Wildman–Crippen LogP) is 3.20. The highest BCUT2D eigenvalue weighted by atomic mass is 16.5. The number of hydrogen-bond donors (Lipinski definition) is 1. The fourth-order valence-electron chi connectivity index (χ4n) is 3.00. The minimum Gasteiger partial charge on any atom is -0.373 e. The Hall–Kier alpha value is -1.00. The van der Waals surface area contributed by atoms with Crippen LogP contribution in [0.2, 0.25) is 0 Å². The molecule has 1 aromatic rings. The molecule has 0 saturated carbocycles. The third kappa shape index (κ3) is 3.36. The molecule has 0 saturated heterocycles. The van der Waals surface area contributed by atoms with Crippen molar-refractivity contribution in [3.8, 4) is 0 Å². The lowest BCUT2D eigenvalue weighted by atomic mass is 10.0. The number of methoxy groups -OCH3 is 1. The molecule has 1 heterocycles. The molecular weight excluding hydrogens is 250 g/mol. The second-order valence-corrected chi connectivity index (χ2v) is 5.89. The monoisotopic (exact) mass is 277 g/mol. The van der Waals surface area contributed by atoms with Gasteiger partial charge < -0.3 is 10.1 Å². The molecule has 1 N–H and O–H groups in total. The molecule has 1 aromatic heterocycles. The van der Waals surface area contributed by atoms with E-state index in [0.29, 0.717) is 12.0 Å². The van der Waals surface area contributed by atoms with Gasteiger partial charge in [0.2, 0.25) is 0 Å². The molecule has 20 heavy (non-hydrogen) atoms. The van der Waals surface area contributed by atoms with E-state index in [1.165, 1.54) is 30.5 Å². The van der Waals surface area contributed by atoms with Crippen LogP contribution in [0.1, 0.15) is 69.3 Å². The molecule has 2 unspecified atom stereocenters. The molecule has 0 aliphatic heterocycles. The van der Waals surface area contributed by atoms with E-state index in [1.807, 2.05) is 6.20 Å². The number of fused-ring (bicyclic) bond motifs is 1. The van der Waals surface area contributed by atoms with Crippen LogP contribution in [0.5, 0.6) is 0 Å². The number of nitrogens with zero attached hydrogens (tertiary/aromatic N) is 2. The number of aromatic nitrogens is 2. The Kier molecular flexibility index (Phi) is 5.49. The van der Waals surface area contributed by atoms with Crippen molar-refractivity contribution in [1.29, 1.82) is 0 Å². The molecule has 0 spiro atoms. The maximum absolute atomic E-state index is 5.55. The maximum Gasteiger partial charge on any atom is 0.157 e. The van der Waals surface area contributed by atoms with E-state index in [2.05, 4.69) is 31.1 Å². The van der Waals surface area contributed by atoms with Gasteiger partial charge in [0.25, 0.3) is 0 Å². The fraction of sp³-hybridized carbons (Fsp3) is 0.750. The highest BCUT2D eigenvalue weighted by Crippen LogP contribution is 2.29. The van der Waals surface area contributed by atoms with Gasteiger partial charge in [-0.15, -0.1) is 0 Å². The summed E-state index contributed by atoms with van der Waals surface area (Å²) in [6.45, 7) is 7.42. The Morgan fingerprint density at radius 2 is 2.20 bits per heavy atom. The predicted molar refractivity (Wildman–Crippen MR) is 80.6 cm³/mol. The van der Waals surface area contributed by atoms with Gasteiger partial charge in [0, 0.05) is 30.6 Å². The summed E-state index contributed by atoms with van der Waals surface area (Å²) in [6, 6.07) is 0.409. The number of aryl methyl sites for hydroxylation is 1. The van der Waals surface area contributed by atoms with Crippen LogP contribution in [-0.4, -0.2) is 23.6 Å². The van der Waals surface area contributed by atoms with Crippen molar-refractivity contribution in [2.24, 2.45) is 5.92 Å². The minimum atomic E-state index is -0.0128. The summed E-state index contributed by atoms with van der Waals surface area (Å²) in [5.41, 5.74) is 2.49. The van der Waals surface area contributed by atoms with E-state index in [1.54, 1.807) is 7.11 Å². The first-order valence-corrected chi connectivity index (χ1v) is 7.79. The van der Waals surface area contributed by atoms with Crippen LogP contribution in [0, 0.1) is 5.92 Å². The first kappa shape index (κ1) is 15.4. The quantitative estimate of drug-likeness (QED) is 0.840. The van der Waals surface area contributed by atoms with E-state index in [-0.39, 0.29) is 6.10 Å². The molecule has 1 aliphatic carbocycles. The van der Waals surface area contributed by atoms with Gasteiger partial charge in [-0.05, 0) is 31.7 Å². The fourth-order valence-corrected chi connectivity index (χ4v) is 3.00. The molecule has 0 radical (unpaired) electrons. The van der Waals surface area contributed by atoms with Gasteiger partial charge in [-0.1, -0.05) is 27.2 Å². The standard InChI is InChI=1S/C16H27N3O/c1-5-17-13-8-6-7-9-14-12(13)10-18-16(19-14)15(20-4)11(2)3/h10-11,13,15,17H,5-9H2,1-4H3. The normalized spacial score (nSPS) is 20.6. The van der Waals surface area contributed by atoms with Gasteiger partial charge >= 0.3 is 0 Å². The topological polar surface area (TPSA) is 47.0 Å². The second-order valence-electron chi connectivity index (χ2n) is 5.89. The average Bonchev–Trinajstić information content (AvgIpc) is 2.62. The van der Waals surface area contributed by atoms with Crippen LogP contribution in [0.15, 0.2) is 6.20 Å². The van der Waals surface area contributed by atoms with Crippen molar-refractivity contribution in [2.75, 3.05) is 13.7 Å². The molecule has 0 fully saturated rings. The van der Waals surface area contributed by atoms with Gasteiger partial charge in [0.1, 0.15) is 6.10 Å². The van der Waals surface area contributed by atoms with Crippen LogP contribution in [0.25, 0.3) is 0 Å². The first-order valence-electron chi connectivity index (χ1n) is 7.79. The van der Waals surface area contributed by atoms with Crippen LogP contribution in [0.4, 0.5) is 0 Å². The molecule has 4 nitrogen and oxygen atoms in total. The molecule has 2 atom stereocenters. The molecule has 4 heteroatoms. The van der Waals surface area contributed by atoms with Gasteiger partial charge in [0.15, 0.2) is 5.82 Å². The highest BCUT2D eigenvalue weighted by Gasteiger charge is 2.23. The lowest BCUT2D eigenvalue weighted by molar-refractivity contribution is 0.0572. The maximum atomic E-state index is 5.55. The molecule has 0 aromatic carbocycles. The van der Waals surface area contributed by atoms with Gasteiger partial charge in [-0.3, -0.25) is 0 Å². The van der Waals surface area contributed by atoms with Crippen LogP contribution >= 0.6 is 0 Å². The van der Waals surface area contributed by atoms with Crippen molar-refractivity contribution < 1.29 is 4.74 Å². The zero-order chi connectivity index (χ0) is 14.5. The number of rotatable bonds is 5. The summed E-state index contributed by atoms with van der Waals surface area (Å²) < 4.78 is 5.55. The van der Waals surface area contributed by atoms with E-state index in [0.717, 1.165) is 18.8 Å². The second kappa shape index (κ2) is 7.14. The summed E-state index contributed by atoms with van der Waals surface area (Å²) >= 11 is 0. The minimum absolute atomic E-state index is 0.0128. The Morgan fingerprint density at radius 1 is 1.40 bits per heavy atom. The molecular formula is C16H27N3O. The van der Waals surface area contributed by atoms with Crippen molar-refractivity contribution in [3.05, 3.63) is 23.3 Å². The number of hydrogen-bond acceptors (Lipinski definition) is 4. The summed E-state index contributed by atoms with van der Waals surface area (Å²) in [6.07, 6.45) is 6.71. The molecule has 2 rings (SSSR count).